The second kappa shape index (κ2) is 8.98. The summed E-state index contributed by atoms with van der Waals surface area (Å²) < 4.78 is 13.3. The molecule has 1 heterocycles. The molecule has 4 nitrogen and oxygen atoms in total. The summed E-state index contributed by atoms with van der Waals surface area (Å²) in [4.78, 5) is 2.11. The zero-order chi connectivity index (χ0) is 13.0. The van der Waals surface area contributed by atoms with E-state index in [2.05, 4.69) is 16.3 Å². The van der Waals surface area contributed by atoms with Crippen molar-refractivity contribution in [2.45, 2.75) is 12.5 Å². The molecule has 7 heteroatoms. The fraction of sp³-hybridized carbons (Fsp3) is 0.462. The summed E-state index contributed by atoms with van der Waals surface area (Å²) in [5.41, 5.74) is 0.499. The Morgan fingerprint density at radius 2 is 2.00 bits per heavy atom. The molecule has 1 aromatic rings. The number of benzene rings is 1. The van der Waals surface area contributed by atoms with Gasteiger partial charge in [-0.1, -0.05) is 0 Å². The molecule has 1 fully saturated rings. The Morgan fingerprint density at radius 1 is 1.35 bits per heavy atom. The van der Waals surface area contributed by atoms with Gasteiger partial charge in [0.2, 0.25) is 0 Å². The van der Waals surface area contributed by atoms with Crippen LogP contribution >= 0.6 is 24.8 Å². The highest BCUT2D eigenvalue weighted by molar-refractivity contribution is 5.85. The molecule has 2 N–H and O–H groups in total. The van der Waals surface area contributed by atoms with Crippen molar-refractivity contribution in [3.05, 3.63) is 29.6 Å². The van der Waals surface area contributed by atoms with E-state index in [1.807, 2.05) is 0 Å². The third kappa shape index (κ3) is 4.50. The van der Waals surface area contributed by atoms with Crippen LogP contribution in [0.5, 0.6) is 5.75 Å². The van der Waals surface area contributed by atoms with E-state index in [0.717, 1.165) is 26.2 Å². The number of phenolic OH excluding ortho intramolecular Hbond substituents is 1. The zero-order valence-electron chi connectivity index (χ0n) is 10.9. The maximum Gasteiger partial charge on any atom is 0.123 e. The lowest BCUT2D eigenvalue weighted by Crippen LogP contribution is -2.45. The molecule has 20 heavy (non-hydrogen) atoms. The molecule has 0 spiro atoms. The summed E-state index contributed by atoms with van der Waals surface area (Å²) in [6.07, 6.45) is 0.247. The summed E-state index contributed by atoms with van der Waals surface area (Å²) in [6.45, 7) is 3.28. The summed E-state index contributed by atoms with van der Waals surface area (Å²) >= 11 is 0. The third-order valence-corrected chi connectivity index (χ3v) is 3.23. The van der Waals surface area contributed by atoms with Gasteiger partial charge in [-0.05, 0) is 18.2 Å². The highest BCUT2D eigenvalue weighted by atomic mass is 35.5. The molecular formula is C13H18Cl2FN3O. The predicted molar refractivity (Wildman–Crippen MR) is 80.0 cm³/mol. The van der Waals surface area contributed by atoms with Gasteiger partial charge in [0.25, 0.3) is 0 Å². The summed E-state index contributed by atoms with van der Waals surface area (Å²) in [5.74, 6) is -0.337. The molecule has 112 valence electrons. The van der Waals surface area contributed by atoms with E-state index >= 15 is 0 Å². The SMILES string of the molecule is Cl.Cl.N#CC[C@@H](c1cc(F)ccc1O)N1CCNCC1. The number of aromatic hydroxyl groups is 1. The number of rotatable bonds is 3. The van der Waals surface area contributed by atoms with Crippen LogP contribution in [0.3, 0.4) is 0 Å². The Kier molecular flexibility index (Phi) is 8.51. The number of phenols is 1. The Hall–Kier alpha value is -1.06. The van der Waals surface area contributed by atoms with Crippen molar-refractivity contribution in [2.75, 3.05) is 26.2 Å². The molecule has 0 radical (unpaired) electrons. The maximum atomic E-state index is 13.3. The van der Waals surface area contributed by atoms with Gasteiger partial charge in [-0.15, -0.1) is 24.8 Å². The van der Waals surface area contributed by atoms with Crippen LogP contribution in [0, 0.1) is 17.1 Å². The minimum atomic E-state index is -0.388. The standard InChI is InChI=1S/C13H16FN3O.2ClH/c14-10-1-2-13(18)11(9-10)12(3-4-15)17-7-5-16-6-8-17;;/h1-2,9,12,16,18H,3,5-8H2;2*1H/t12-;;/m0../s1. The Balaban J connectivity index is 0.00000180. The zero-order valence-corrected chi connectivity index (χ0v) is 12.5. The van der Waals surface area contributed by atoms with Gasteiger partial charge in [0, 0.05) is 31.7 Å². The molecule has 0 aliphatic carbocycles. The van der Waals surface area contributed by atoms with Gasteiger partial charge >= 0.3 is 0 Å². The van der Waals surface area contributed by atoms with E-state index in [4.69, 9.17) is 5.26 Å². The van der Waals surface area contributed by atoms with E-state index in [1.54, 1.807) is 0 Å². The highest BCUT2D eigenvalue weighted by Crippen LogP contribution is 2.31. The quantitative estimate of drug-likeness (QED) is 0.896. The Morgan fingerprint density at radius 3 is 2.60 bits per heavy atom. The first-order valence-corrected chi connectivity index (χ1v) is 6.02. The van der Waals surface area contributed by atoms with Crippen molar-refractivity contribution in [1.29, 1.82) is 5.26 Å². The minimum Gasteiger partial charge on any atom is -0.508 e. The fourth-order valence-electron chi connectivity index (χ4n) is 2.31. The van der Waals surface area contributed by atoms with Gasteiger partial charge in [0.05, 0.1) is 18.5 Å². The van der Waals surface area contributed by atoms with Gasteiger partial charge in [-0.2, -0.15) is 5.26 Å². The maximum absolute atomic E-state index is 13.3. The number of nitrogens with zero attached hydrogens (tertiary/aromatic N) is 2. The van der Waals surface area contributed by atoms with Crippen LogP contribution in [0.15, 0.2) is 18.2 Å². The first-order chi connectivity index (χ1) is 8.72. The number of nitriles is 1. The molecule has 1 atom stereocenters. The smallest absolute Gasteiger partial charge is 0.123 e. The molecule has 1 aromatic carbocycles. The number of piperazine rings is 1. The van der Waals surface area contributed by atoms with Crippen LogP contribution in [0.25, 0.3) is 0 Å². The molecule has 2 rings (SSSR count). The highest BCUT2D eigenvalue weighted by Gasteiger charge is 2.24. The normalized spacial score (nSPS) is 16.4. The molecular weight excluding hydrogens is 304 g/mol. The van der Waals surface area contributed by atoms with Crippen molar-refractivity contribution in [1.82, 2.24) is 10.2 Å². The van der Waals surface area contributed by atoms with Crippen LogP contribution in [0.1, 0.15) is 18.0 Å². The second-order valence-corrected chi connectivity index (χ2v) is 4.37. The topological polar surface area (TPSA) is 59.3 Å². The van der Waals surface area contributed by atoms with E-state index < -0.39 is 0 Å². The number of hydrogen-bond acceptors (Lipinski definition) is 4. The summed E-state index contributed by atoms with van der Waals surface area (Å²) in [6, 6.07) is 5.76. The van der Waals surface area contributed by atoms with Crippen molar-refractivity contribution in [3.63, 3.8) is 0 Å². The molecule has 1 saturated heterocycles. The average Bonchev–Trinajstić information content (AvgIpc) is 2.40. The molecule has 0 bridgehead atoms. The average molecular weight is 322 g/mol. The number of nitrogens with one attached hydrogen (secondary N) is 1. The third-order valence-electron chi connectivity index (χ3n) is 3.23. The predicted octanol–water partition coefficient (Wildman–Crippen LogP) is 2.23. The summed E-state index contributed by atoms with van der Waals surface area (Å²) in [7, 11) is 0. The summed E-state index contributed by atoms with van der Waals surface area (Å²) in [5, 5.41) is 22.0. The molecule has 1 aliphatic rings. The van der Waals surface area contributed by atoms with Gasteiger partial charge < -0.3 is 10.4 Å². The molecule has 0 saturated carbocycles. The first kappa shape index (κ1) is 18.9. The first-order valence-electron chi connectivity index (χ1n) is 6.02. The van der Waals surface area contributed by atoms with Crippen LogP contribution < -0.4 is 5.32 Å². The van der Waals surface area contributed by atoms with Gasteiger partial charge in [-0.3, -0.25) is 4.90 Å². The van der Waals surface area contributed by atoms with Crippen LogP contribution in [0.2, 0.25) is 0 Å². The lowest BCUT2D eigenvalue weighted by molar-refractivity contribution is 0.173. The molecule has 0 unspecified atom stereocenters. The van der Waals surface area contributed by atoms with E-state index in [9.17, 15) is 9.50 Å². The lowest BCUT2D eigenvalue weighted by Gasteiger charge is -2.34. The van der Waals surface area contributed by atoms with Crippen molar-refractivity contribution in [2.24, 2.45) is 0 Å². The molecule has 0 aromatic heterocycles. The van der Waals surface area contributed by atoms with Gasteiger partial charge in [-0.25, -0.2) is 4.39 Å². The van der Waals surface area contributed by atoms with Crippen molar-refractivity contribution >= 4 is 24.8 Å². The largest absolute Gasteiger partial charge is 0.508 e. The van der Waals surface area contributed by atoms with E-state index in [1.165, 1.54) is 18.2 Å². The molecule has 0 amide bonds. The Bertz CT molecular complexity index is 461. The number of hydrogen-bond donors (Lipinski definition) is 2. The Labute approximate surface area is 130 Å². The van der Waals surface area contributed by atoms with E-state index in [-0.39, 0.29) is 48.8 Å². The lowest BCUT2D eigenvalue weighted by atomic mass is 10.0. The van der Waals surface area contributed by atoms with Crippen LogP contribution in [-0.2, 0) is 0 Å². The fourth-order valence-corrected chi connectivity index (χ4v) is 2.31. The van der Waals surface area contributed by atoms with E-state index in [0.29, 0.717) is 5.56 Å². The van der Waals surface area contributed by atoms with Crippen LogP contribution in [-0.4, -0.2) is 36.2 Å². The number of halogens is 3. The monoisotopic (exact) mass is 321 g/mol. The van der Waals surface area contributed by atoms with Crippen molar-refractivity contribution in [3.8, 4) is 11.8 Å². The van der Waals surface area contributed by atoms with Crippen molar-refractivity contribution < 1.29 is 9.50 Å². The minimum absolute atomic E-state index is 0. The van der Waals surface area contributed by atoms with Gasteiger partial charge in [0.15, 0.2) is 0 Å². The molecule has 1 aliphatic heterocycles. The second-order valence-electron chi connectivity index (χ2n) is 4.37. The van der Waals surface area contributed by atoms with Gasteiger partial charge in [0.1, 0.15) is 11.6 Å². The van der Waals surface area contributed by atoms with Crippen LogP contribution in [0.4, 0.5) is 4.39 Å².